The molecule has 0 spiro atoms. The van der Waals surface area contributed by atoms with E-state index in [1.165, 1.54) is 17.3 Å². The predicted octanol–water partition coefficient (Wildman–Crippen LogP) is -0.0939. The van der Waals surface area contributed by atoms with Crippen molar-refractivity contribution in [3.63, 3.8) is 0 Å². The average Bonchev–Trinajstić information content (AvgIpc) is 2.49. The quantitative estimate of drug-likeness (QED) is 0.326. The van der Waals surface area contributed by atoms with Gasteiger partial charge in [0.1, 0.15) is 11.8 Å². The second-order valence-corrected chi connectivity index (χ2v) is 2.54. The van der Waals surface area contributed by atoms with Crippen molar-refractivity contribution < 1.29 is 0 Å². The minimum absolute atomic E-state index is 0.456. The lowest BCUT2D eigenvalue weighted by Crippen LogP contribution is -2.20. The van der Waals surface area contributed by atoms with Crippen LogP contribution in [0.25, 0.3) is 11.2 Å². The maximum absolute atomic E-state index is 5.21. The van der Waals surface area contributed by atoms with Crippen LogP contribution in [0.2, 0.25) is 0 Å². The first-order valence-electron chi connectivity index (χ1n) is 3.20. The summed E-state index contributed by atoms with van der Waals surface area (Å²) in [6.45, 7) is 0. The molecular formula is C5H6N6S. The van der Waals surface area contributed by atoms with Crippen molar-refractivity contribution in [1.29, 1.82) is 0 Å². The fourth-order valence-electron chi connectivity index (χ4n) is 0.954. The molecular weight excluding hydrogens is 176 g/mol. The molecule has 2 aromatic heterocycles. The van der Waals surface area contributed by atoms with Gasteiger partial charge in [-0.1, -0.05) is 12.2 Å². The van der Waals surface area contributed by atoms with Crippen LogP contribution in [0.5, 0.6) is 0 Å². The molecule has 0 bridgehead atoms. The van der Waals surface area contributed by atoms with Gasteiger partial charge in [0.05, 0.1) is 6.33 Å². The lowest BCUT2D eigenvalue weighted by atomic mass is 10.6. The molecule has 2 rings (SSSR count). The number of hydrogen-bond acceptors (Lipinski definition) is 5. The lowest BCUT2D eigenvalue weighted by molar-refractivity contribution is 0.892. The normalized spacial score (nSPS) is 10.4. The molecule has 0 radical (unpaired) electrons. The Kier molecular flexibility index (Phi) is 1.52. The minimum atomic E-state index is 0.456. The van der Waals surface area contributed by atoms with E-state index in [1.54, 1.807) is 0 Å². The summed E-state index contributed by atoms with van der Waals surface area (Å²) in [5.74, 6) is 5.21. The molecule has 12 heavy (non-hydrogen) atoms. The molecule has 7 heteroatoms. The van der Waals surface area contributed by atoms with Crippen molar-refractivity contribution in [2.45, 2.75) is 0 Å². The molecule has 6 nitrogen and oxygen atoms in total. The molecule has 0 aliphatic carbocycles. The summed E-state index contributed by atoms with van der Waals surface area (Å²) in [6.07, 6.45) is 3.03. The average molecular weight is 182 g/mol. The maximum Gasteiger partial charge on any atom is 0.162 e. The number of imidazole rings is 1. The van der Waals surface area contributed by atoms with Gasteiger partial charge in [-0.05, 0) is 0 Å². The number of hydrogen-bond donors (Lipinski definition) is 3. The molecule has 0 aromatic carbocycles. The van der Waals surface area contributed by atoms with Crippen LogP contribution in [-0.2, 0) is 0 Å². The van der Waals surface area contributed by atoms with Gasteiger partial charge in [-0.2, -0.15) is 0 Å². The van der Waals surface area contributed by atoms with E-state index in [4.69, 9.17) is 18.1 Å². The molecule has 0 unspecified atom stereocenters. The second kappa shape index (κ2) is 2.54. The monoisotopic (exact) mass is 182 g/mol. The fraction of sp³-hybridized carbons (Fsp3) is 0. The Hall–Kier alpha value is -1.47. The van der Waals surface area contributed by atoms with Crippen LogP contribution in [0.3, 0.4) is 0 Å². The van der Waals surface area contributed by atoms with Crippen molar-refractivity contribution in [3.8, 4) is 0 Å². The predicted molar refractivity (Wildman–Crippen MR) is 46.3 cm³/mol. The summed E-state index contributed by atoms with van der Waals surface area (Å²) >= 11 is 4.94. The third kappa shape index (κ3) is 0.874. The van der Waals surface area contributed by atoms with Gasteiger partial charge in [-0.15, -0.1) is 0 Å². The first kappa shape index (κ1) is 7.19. The van der Waals surface area contributed by atoms with Crippen LogP contribution in [0.1, 0.15) is 0 Å². The number of H-pyrrole nitrogens is 1. The molecule has 0 amide bonds. The third-order valence-electron chi connectivity index (χ3n) is 1.49. The highest BCUT2D eigenvalue weighted by Gasteiger charge is 2.01. The Bertz CT molecular complexity index is 456. The zero-order valence-corrected chi connectivity index (χ0v) is 6.80. The molecule has 4 N–H and O–H groups in total. The molecule has 0 saturated heterocycles. The summed E-state index contributed by atoms with van der Waals surface area (Å²) in [4.78, 5) is 10.8. The smallest absolute Gasteiger partial charge is 0.162 e. The summed E-state index contributed by atoms with van der Waals surface area (Å²) < 4.78 is 1.98. The molecule has 0 atom stereocenters. The summed E-state index contributed by atoms with van der Waals surface area (Å²) in [6, 6.07) is 0. The lowest BCUT2D eigenvalue weighted by Gasteiger charge is -1.98. The number of aromatic nitrogens is 4. The van der Waals surface area contributed by atoms with E-state index in [-0.39, 0.29) is 0 Å². The van der Waals surface area contributed by atoms with Crippen LogP contribution in [0.15, 0.2) is 12.7 Å². The number of nitrogens with two attached hydrogens (primary N) is 1. The zero-order chi connectivity index (χ0) is 8.55. The van der Waals surface area contributed by atoms with Crippen LogP contribution < -0.4 is 11.4 Å². The van der Waals surface area contributed by atoms with Gasteiger partial charge in [-0.25, -0.2) is 20.5 Å². The van der Waals surface area contributed by atoms with Gasteiger partial charge in [0, 0.05) is 0 Å². The van der Waals surface area contributed by atoms with Gasteiger partial charge in [0.2, 0.25) is 0 Å². The second-order valence-electron chi connectivity index (χ2n) is 2.15. The van der Waals surface area contributed by atoms with Crippen LogP contribution in [-0.4, -0.2) is 19.6 Å². The van der Waals surface area contributed by atoms with Gasteiger partial charge in [0.15, 0.2) is 10.3 Å². The number of nitrogens with one attached hydrogen (secondary N) is 2. The van der Waals surface area contributed by atoms with Crippen LogP contribution >= 0.6 is 12.2 Å². The molecule has 2 heterocycles. The Balaban J connectivity index is 2.89. The van der Waals surface area contributed by atoms with E-state index in [1.807, 2.05) is 0 Å². The number of nitrogens with zero attached hydrogens (tertiary/aromatic N) is 3. The van der Waals surface area contributed by atoms with E-state index in [0.29, 0.717) is 15.8 Å². The fourth-order valence-corrected chi connectivity index (χ4v) is 1.16. The molecule has 2 aromatic rings. The number of nitrogen functional groups attached to an aromatic ring is 1. The highest BCUT2D eigenvalue weighted by molar-refractivity contribution is 7.71. The first-order valence-corrected chi connectivity index (χ1v) is 3.61. The van der Waals surface area contributed by atoms with Gasteiger partial charge >= 0.3 is 0 Å². The molecule has 0 aliphatic rings. The molecule has 0 saturated carbocycles. The van der Waals surface area contributed by atoms with Crippen LogP contribution in [0.4, 0.5) is 0 Å². The van der Waals surface area contributed by atoms with Crippen LogP contribution in [0, 0.1) is 4.64 Å². The van der Waals surface area contributed by atoms with Crippen molar-refractivity contribution >= 4 is 23.4 Å². The van der Waals surface area contributed by atoms with E-state index in [2.05, 4.69) is 20.5 Å². The molecule has 0 fully saturated rings. The van der Waals surface area contributed by atoms with Crippen molar-refractivity contribution in [3.05, 3.63) is 17.3 Å². The summed E-state index contributed by atoms with van der Waals surface area (Å²) in [7, 11) is 0. The van der Waals surface area contributed by atoms with E-state index in [9.17, 15) is 0 Å². The van der Waals surface area contributed by atoms with Gasteiger partial charge in [0.25, 0.3) is 0 Å². The van der Waals surface area contributed by atoms with Gasteiger partial charge < -0.3 is 4.98 Å². The van der Waals surface area contributed by atoms with Crippen molar-refractivity contribution in [2.75, 3.05) is 5.53 Å². The SMILES string of the molecule is NNn1cnc2c(=S)nc[nH]c21. The molecule has 0 aliphatic heterocycles. The standard InChI is InChI=1S/C5H6N6S/c6-10-11-2-9-3-4(11)7-1-8-5(3)12/h1-2,10H,6H2,(H,7,8,12). The van der Waals surface area contributed by atoms with Gasteiger partial charge in [-0.3, -0.25) is 5.53 Å². The highest BCUT2D eigenvalue weighted by atomic mass is 32.1. The highest BCUT2D eigenvalue weighted by Crippen LogP contribution is 2.06. The number of aromatic amines is 1. The van der Waals surface area contributed by atoms with E-state index < -0.39 is 0 Å². The Morgan fingerprint density at radius 1 is 1.58 bits per heavy atom. The summed E-state index contributed by atoms with van der Waals surface area (Å²) in [5.41, 5.74) is 3.76. The largest absolute Gasteiger partial charge is 0.329 e. The molecule has 62 valence electrons. The van der Waals surface area contributed by atoms with E-state index >= 15 is 0 Å². The Morgan fingerprint density at radius 2 is 2.42 bits per heavy atom. The Labute approximate surface area is 72.4 Å². The zero-order valence-electron chi connectivity index (χ0n) is 5.98. The topological polar surface area (TPSA) is 84.5 Å². The number of hydrazine groups is 1. The number of rotatable bonds is 1. The Morgan fingerprint density at radius 3 is 3.17 bits per heavy atom. The third-order valence-corrected chi connectivity index (χ3v) is 1.79. The van der Waals surface area contributed by atoms with Crippen molar-refractivity contribution in [2.24, 2.45) is 5.84 Å². The summed E-state index contributed by atoms with van der Waals surface area (Å²) in [5, 5.41) is 0. The van der Waals surface area contributed by atoms with Crippen molar-refractivity contribution in [1.82, 2.24) is 19.6 Å². The maximum atomic E-state index is 5.21. The van der Waals surface area contributed by atoms with E-state index in [0.717, 1.165) is 0 Å². The minimum Gasteiger partial charge on any atom is -0.329 e. The number of fused-ring (bicyclic) bond motifs is 1. The first-order chi connectivity index (χ1) is 5.83.